The van der Waals surface area contributed by atoms with Gasteiger partial charge in [0.1, 0.15) is 0 Å². The minimum absolute atomic E-state index is 0.358. The summed E-state index contributed by atoms with van der Waals surface area (Å²) < 4.78 is 2.08. The van der Waals surface area contributed by atoms with Crippen LogP contribution in [0.2, 0.25) is 0 Å². The van der Waals surface area contributed by atoms with Crippen LogP contribution in [0.4, 0.5) is 0 Å². The fraction of sp³-hybridized carbons (Fsp3) is 0.786. The summed E-state index contributed by atoms with van der Waals surface area (Å²) in [6.45, 7) is 1.98. The average Bonchev–Trinajstić information content (AvgIpc) is 2.76. The first-order chi connectivity index (χ1) is 8.64. The minimum atomic E-state index is 0.358. The topological polar surface area (TPSA) is 33.1 Å². The van der Waals surface area contributed by atoms with Crippen molar-refractivity contribution in [2.45, 2.75) is 44.2 Å². The molecule has 1 saturated carbocycles. The molecule has 4 nitrogen and oxygen atoms in total. The second-order valence-electron chi connectivity index (χ2n) is 5.78. The first-order valence-corrected chi connectivity index (χ1v) is 6.97. The monoisotopic (exact) mass is 250 g/mol. The zero-order chi connectivity index (χ0) is 13.0. The molecule has 1 N–H and O–H groups in total. The Morgan fingerprint density at radius 1 is 1.33 bits per heavy atom. The number of rotatable bonds is 5. The second-order valence-corrected chi connectivity index (χ2v) is 5.78. The maximum Gasteiger partial charge on any atom is 0.0945 e. The molecule has 2 rings (SSSR count). The molecule has 1 aliphatic rings. The highest BCUT2D eigenvalue weighted by molar-refractivity contribution is 4.98. The number of nitrogens with one attached hydrogen (secondary N) is 1. The molecule has 4 heteroatoms. The van der Waals surface area contributed by atoms with Crippen LogP contribution in [-0.2, 0) is 13.6 Å². The van der Waals surface area contributed by atoms with Crippen molar-refractivity contribution in [2.75, 3.05) is 20.6 Å². The summed E-state index contributed by atoms with van der Waals surface area (Å²) in [7, 11) is 6.49. The van der Waals surface area contributed by atoms with Gasteiger partial charge in [0, 0.05) is 31.9 Å². The summed E-state index contributed by atoms with van der Waals surface area (Å²) in [6.07, 6.45) is 10.6. The van der Waals surface area contributed by atoms with Crippen molar-refractivity contribution in [1.82, 2.24) is 19.8 Å². The Morgan fingerprint density at radius 3 is 2.61 bits per heavy atom. The molecule has 1 aromatic rings. The van der Waals surface area contributed by atoms with E-state index in [1.807, 2.05) is 19.6 Å². The molecule has 0 amide bonds. The first-order valence-electron chi connectivity index (χ1n) is 6.97. The van der Waals surface area contributed by atoms with E-state index in [0.717, 1.165) is 13.1 Å². The van der Waals surface area contributed by atoms with Gasteiger partial charge in [0.15, 0.2) is 0 Å². The van der Waals surface area contributed by atoms with Crippen LogP contribution in [0.3, 0.4) is 0 Å². The lowest BCUT2D eigenvalue weighted by Crippen LogP contribution is -2.52. The molecule has 1 aromatic heterocycles. The molecule has 0 saturated heterocycles. The lowest BCUT2D eigenvalue weighted by Gasteiger charge is -2.43. The van der Waals surface area contributed by atoms with E-state index >= 15 is 0 Å². The molecule has 18 heavy (non-hydrogen) atoms. The van der Waals surface area contributed by atoms with E-state index in [-0.39, 0.29) is 0 Å². The number of hydrogen-bond donors (Lipinski definition) is 1. The fourth-order valence-electron chi connectivity index (χ4n) is 2.97. The maximum atomic E-state index is 4.15. The number of imidazole rings is 1. The van der Waals surface area contributed by atoms with Crippen LogP contribution >= 0.6 is 0 Å². The van der Waals surface area contributed by atoms with E-state index in [0.29, 0.717) is 5.54 Å². The van der Waals surface area contributed by atoms with Crippen LogP contribution in [0.25, 0.3) is 0 Å². The third-order valence-electron chi connectivity index (χ3n) is 4.41. The van der Waals surface area contributed by atoms with E-state index in [1.54, 1.807) is 0 Å². The molecule has 0 unspecified atom stereocenters. The summed E-state index contributed by atoms with van der Waals surface area (Å²) >= 11 is 0. The van der Waals surface area contributed by atoms with Gasteiger partial charge < -0.3 is 14.8 Å². The Hall–Kier alpha value is -0.870. The van der Waals surface area contributed by atoms with Gasteiger partial charge in [0.2, 0.25) is 0 Å². The van der Waals surface area contributed by atoms with Crippen molar-refractivity contribution in [3.05, 3.63) is 18.2 Å². The van der Waals surface area contributed by atoms with Crippen molar-refractivity contribution in [3.63, 3.8) is 0 Å². The molecule has 0 aliphatic heterocycles. The highest BCUT2D eigenvalue weighted by atomic mass is 15.2. The van der Waals surface area contributed by atoms with Crippen molar-refractivity contribution < 1.29 is 0 Å². The van der Waals surface area contributed by atoms with Gasteiger partial charge in [0.25, 0.3) is 0 Å². The van der Waals surface area contributed by atoms with Crippen LogP contribution in [0.5, 0.6) is 0 Å². The third kappa shape index (κ3) is 2.93. The number of nitrogens with zero attached hydrogens (tertiary/aromatic N) is 3. The quantitative estimate of drug-likeness (QED) is 0.864. The number of likely N-dealkylation sites (N-methyl/N-ethyl adjacent to an activating group) is 1. The molecular weight excluding hydrogens is 224 g/mol. The van der Waals surface area contributed by atoms with Crippen LogP contribution < -0.4 is 5.32 Å². The van der Waals surface area contributed by atoms with Crippen molar-refractivity contribution in [1.29, 1.82) is 0 Å². The van der Waals surface area contributed by atoms with Crippen molar-refractivity contribution in [3.8, 4) is 0 Å². The Labute approximate surface area is 110 Å². The SMILES string of the molecule is CN(C)C1(CNCc2cncn2C)CCCCC1. The Bertz CT molecular complexity index is 364. The van der Waals surface area contributed by atoms with E-state index in [4.69, 9.17) is 0 Å². The molecule has 1 heterocycles. The number of hydrogen-bond acceptors (Lipinski definition) is 3. The van der Waals surface area contributed by atoms with Crippen LogP contribution in [-0.4, -0.2) is 40.6 Å². The zero-order valence-corrected chi connectivity index (χ0v) is 11.9. The van der Waals surface area contributed by atoms with E-state index in [1.165, 1.54) is 37.8 Å². The molecule has 0 bridgehead atoms. The van der Waals surface area contributed by atoms with Gasteiger partial charge in [-0.25, -0.2) is 4.98 Å². The van der Waals surface area contributed by atoms with Gasteiger partial charge in [0.05, 0.1) is 12.0 Å². The summed E-state index contributed by atoms with van der Waals surface area (Å²) in [5, 5.41) is 3.62. The van der Waals surface area contributed by atoms with E-state index in [2.05, 4.69) is 33.9 Å². The van der Waals surface area contributed by atoms with Gasteiger partial charge in [-0.1, -0.05) is 19.3 Å². The van der Waals surface area contributed by atoms with Crippen molar-refractivity contribution in [2.24, 2.45) is 7.05 Å². The Kier molecular flexibility index (Phi) is 4.40. The maximum absolute atomic E-state index is 4.15. The molecule has 1 aliphatic carbocycles. The molecule has 0 spiro atoms. The van der Waals surface area contributed by atoms with Crippen LogP contribution in [0, 0.1) is 0 Å². The average molecular weight is 250 g/mol. The minimum Gasteiger partial charge on any atom is -0.337 e. The lowest BCUT2D eigenvalue weighted by molar-refractivity contribution is 0.0982. The molecule has 0 atom stereocenters. The first kappa shape index (κ1) is 13.6. The summed E-state index contributed by atoms with van der Waals surface area (Å²) in [6, 6.07) is 0. The smallest absolute Gasteiger partial charge is 0.0945 e. The zero-order valence-electron chi connectivity index (χ0n) is 11.9. The molecule has 1 fully saturated rings. The number of aromatic nitrogens is 2. The Balaban J connectivity index is 1.88. The van der Waals surface area contributed by atoms with Crippen LogP contribution in [0.15, 0.2) is 12.5 Å². The lowest BCUT2D eigenvalue weighted by atomic mass is 9.80. The second kappa shape index (κ2) is 5.85. The van der Waals surface area contributed by atoms with Gasteiger partial charge in [-0.15, -0.1) is 0 Å². The largest absolute Gasteiger partial charge is 0.337 e. The molecule has 102 valence electrons. The third-order valence-corrected chi connectivity index (χ3v) is 4.41. The highest BCUT2D eigenvalue weighted by Gasteiger charge is 2.33. The standard InChI is InChI=1S/C14H26N4/c1-17(2)14(7-5-4-6-8-14)11-15-9-13-10-16-12-18(13)3/h10,12,15H,4-9,11H2,1-3H3. The van der Waals surface area contributed by atoms with Gasteiger partial charge >= 0.3 is 0 Å². The van der Waals surface area contributed by atoms with E-state index < -0.39 is 0 Å². The molecule has 0 radical (unpaired) electrons. The molecule has 0 aromatic carbocycles. The number of aryl methyl sites for hydroxylation is 1. The van der Waals surface area contributed by atoms with E-state index in [9.17, 15) is 0 Å². The van der Waals surface area contributed by atoms with Gasteiger partial charge in [-0.3, -0.25) is 0 Å². The van der Waals surface area contributed by atoms with Crippen LogP contribution in [0.1, 0.15) is 37.8 Å². The highest BCUT2D eigenvalue weighted by Crippen LogP contribution is 2.31. The fourth-order valence-corrected chi connectivity index (χ4v) is 2.97. The predicted molar refractivity (Wildman–Crippen MR) is 74.4 cm³/mol. The summed E-state index contributed by atoms with van der Waals surface area (Å²) in [5.41, 5.74) is 1.61. The Morgan fingerprint density at radius 2 is 2.06 bits per heavy atom. The van der Waals surface area contributed by atoms with Crippen molar-refractivity contribution >= 4 is 0 Å². The van der Waals surface area contributed by atoms with Gasteiger partial charge in [-0.05, 0) is 26.9 Å². The molecular formula is C14H26N4. The van der Waals surface area contributed by atoms with Gasteiger partial charge in [-0.2, -0.15) is 0 Å². The normalized spacial score (nSPS) is 19.3. The summed E-state index contributed by atoms with van der Waals surface area (Å²) in [5.74, 6) is 0. The predicted octanol–water partition coefficient (Wildman–Crippen LogP) is 1.77. The summed E-state index contributed by atoms with van der Waals surface area (Å²) in [4.78, 5) is 6.57.